The number of benzene rings is 2. The Labute approximate surface area is 155 Å². The molecule has 0 aliphatic heterocycles. The number of ether oxygens (including phenoxy) is 1. The van der Waals surface area contributed by atoms with Crippen molar-refractivity contribution in [2.75, 3.05) is 5.32 Å². The standard InChI is InChI=1S/C22H27NO3/c1-7-20(24)16-9-11-18(15(3)12-16)19-13-17(10-8-14(19)2)23-21(25)26-22(4,5)6/h8-13H,7H2,1-6H3,(H,23,25). The van der Waals surface area contributed by atoms with E-state index >= 15 is 0 Å². The highest BCUT2D eigenvalue weighted by Gasteiger charge is 2.17. The lowest BCUT2D eigenvalue weighted by Crippen LogP contribution is -2.27. The largest absolute Gasteiger partial charge is 0.444 e. The topological polar surface area (TPSA) is 55.4 Å². The van der Waals surface area contributed by atoms with Crippen LogP contribution in [0, 0.1) is 13.8 Å². The molecule has 0 atom stereocenters. The molecule has 1 amide bonds. The lowest BCUT2D eigenvalue weighted by molar-refractivity contribution is 0.0635. The first kappa shape index (κ1) is 19.7. The number of nitrogens with one attached hydrogen (secondary N) is 1. The van der Waals surface area contributed by atoms with E-state index in [0.717, 1.165) is 27.8 Å². The van der Waals surface area contributed by atoms with Crippen LogP contribution in [0.2, 0.25) is 0 Å². The van der Waals surface area contributed by atoms with Crippen LogP contribution in [0.25, 0.3) is 11.1 Å². The molecule has 2 aromatic rings. The SMILES string of the molecule is CCC(=O)c1ccc(-c2cc(NC(=O)OC(C)(C)C)ccc2C)c(C)c1. The van der Waals surface area contributed by atoms with E-state index in [1.165, 1.54) is 0 Å². The van der Waals surface area contributed by atoms with E-state index in [0.29, 0.717) is 12.1 Å². The Bertz CT molecular complexity index is 832. The van der Waals surface area contributed by atoms with E-state index < -0.39 is 11.7 Å². The number of amides is 1. The molecule has 138 valence electrons. The molecule has 0 aromatic heterocycles. The van der Waals surface area contributed by atoms with Gasteiger partial charge in [-0.25, -0.2) is 4.79 Å². The highest BCUT2D eigenvalue weighted by atomic mass is 16.6. The zero-order valence-corrected chi connectivity index (χ0v) is 16.4. The number of ketones is 1. The monoisotopic (exact) mass is 353 g/mol. The van der Waals surface area contributed by atoms with Crippen LogP contribution in [0.15, 0.2) is 36.4 Å². The summed E-state index contributed by atoms with van der Waals surface area (Å²) in [6.45, 7) is 11.4. The molecular weight excluding hydrogens is 326 g/mol. The quantitative estimate of drug-likeness (QED) is 0.695. The predicted octanol–water partition coefficient (Wildman–Crippen LogP) is 5.91. The van der Waals surface area contributed by atoms with Crippen molar-refractivity contribution < 1.29 is 14.3 Å². The number of rotatable bonds is 4. The summed E-state index contributed by atoms with van der Waals surface area (Å²) in [6.07, 6.45) is 0.0144. The number of hydrogen-bond acceptors (Lipinski definition) is 3. The van der Waals surface area contributed by atoms with Crippen molar-refractivity contribution in [3.05, 3.63) is 53.1 Å². The van der Waals surface area contributed by atoms with E-state index in [1.54, 1.807) is 0 Å². The number of carbonyl (C=O) groups is 2. The Morgan fingerprint density at radius 1 is 0.962 bits per heavy atom. The second-order valence-electron chi connectivity index (χ2n) is 7.46. The van der Waals surface area contributed by atoms with E-state index in [2.05, 4.69) is 5.32 Å². The molecule has 0 spiro atoms. The van der Waals surface area contributed by atoms with Crippen LogP contribution in [0.5, 0.6) is 0 Å². The summed E-state index contributed by atoms with van der Waals surface area (Å²) in [6, 6.07) is 11.5. The first-order valence-electron chi connectivity index (χ1n) is 8.85. The van der Waals surface area contributed by atoms with Gasteiger partial charge in [-0.15, -0.1) is 0 Å². The molecule has 4 heteroatoms. The summed E-state index contributed by atoms with van der Waals surface area (Å²) in [5.41, 5.74) is 5.05. The van der Waals surface area contributed by atoms with Gasteiger partial charge in [0.15, 0.2) is 5.78 Å². The minimum Gasteiger partial charge on any atom is -0.444 e. The molecule has 0 aliphatic rings. The van der Waals surface area contributed by atoms with Gasteiger partial charge in [0.2, 0.25) is 0 Å². The van der Waals surface area contributed by atoms with Crippen molar-refractivity contribution in [3.63, 3.8) is 0 Å². The van der Waals surface area contributed by atoms with Gasteiger partial charge in [-0.1, -0.05) is 25.1 Å². The van der Waals surface area contributed by atoms with Crippen molar-refractivity contribution in [1.29, 1.82) is 0 Å². The lowest BCUT2D eigenvalue weighted by Gasteiger charge is -2.20. The highest BCUT2D eigenvalue weighted by molar-refractivity contribution is 5.97. The highest BCUT2D eigenvalue weighted by Crippen LogP contribution is 2.30. The van der Waals surface area contributed by atoms with Crippen LogP contribution in [0.4, 0.5) is 10.5 Å². The molecule has 26 heavy (non-hydrogen) atoms. The Hall–Kier alpha value is -2.62. The van der Waals surface area contributed by atoms with Gasteiger partial charge in [0.05, 0.1) is 0 Å². The van der Waals surface area contributed by atoms with Crippen molar-refractivity contribution in [3.8, 4) is 11.1 Å². The van der Waals surface area contributed by atoms with Crippen molar-refractivity contribution in [2.45, 2.75) is 53.6 Å². The molecule has 2 rings (SSSR count). The lowest BCUT2D eigenvalue weighted by atomic mass is 9.93. The number of Topliss-reactive ketones (excluding diaryl/α,β-unsaturated/α-hetero) is 1. The summed E-state index contributed by atoms with van der Waals surface area (Å²) in [7, 11) is 0. The van der Waals surface area contributed by atoms with Gasteiger partial charge in [0, 0.05) is 17.7 Å². The fourth-order valence-electron chi connectivity index (χ4n) is 2.75. The van der Waals surface area contributed by atoms with Crippen LogP contribution in [-0.4, -0.2) is 17.5 Å². The van der Waals surface area contributed by atoms with E-state index in [1.807, 2.05) is 77.9 Å². The normalized spacial score (nSPS) is 11.2. The van der Waals surface area contributed by atoms with Crippen molar-refractivity contribution >= 4 is 17.6 Å². The fraction of sp³-hybridized carbons (Fsp3) is 0.364. The average Bonchev–Trinajstić information content (AvgIpc) is 2.54. The minimum absolute atomic E-state index is 0.136. The van der Waals surface area contributed by atoms with Gasteiger partial charge in [-0.05, 0) is 75.1 Å². The van der Waals surface area contributed by atoms with Crippen molar-refractivity contribution in [1.82, 2.24) is 0 Å². The number of anilines is 1. The molecule has 2 aromatic carbocycles. The van der Waals surface area contributed by atoms with Crippen LogP contribution in [0.3, 0.4) is 0 Å². The predicted molar refractivity (Wildman–Crippen MR) is 106 cm³/mol. The number of hydrogen-bond donors (Lipinski definition) is 1. The number of aryl methyl sites for hydroxylation is 2. The Morgan fingerprint density at radius 2 is 1.65 bits per heavy atom. The molecule has 0 heterocycles. The summed E-state index contributed by atoms with van der Waals surface area (Å²) in [5, 5.41) is 2.78. The summed E-state index contributed by atoms with van der Waals surface area (Å²) >= 11 is 0. The maximum Gasteiger partial charge on any atom is 0.412 e. The van der Waals surface area contributed by atoms with Crippen LogP contribution >= 0.6 is 0 Å². The molecule has 0 fully saturated rings. The number of carbonyl (C=O) groups excluding carboxylic acids is 2. The minimum atomic E-state index is -0.546. The van der Waals surface area contributed by atoms with E-state index in [-0.39, 0.29) is 5.78 Å². The summed E-state index contributed by atoms with van der Waals surface area (Å²) in [4.78, 5) is 23.9. The Balaban J connectivity index is 2.33. The maximum absolute atomic E-state index is 12.0. The van der Waals surface area contributed by atoms with Crippen LogP contribution in [0.1, 0.15) is 55.6 Å². The summed E-state index contributed by atoms with van der Waals surface area (Å²) < 4.78 is 5.31. The van der Waals surface area contributed by atoms with E-state index in [4.69, 9.17) is 4.74 Å². The fourth-order valence-corrected chi connectivity index (χ4v) is 2.75. The summed E-state index contributed by atoms with van der Waals surface area (Å²) in [5.74, 6) is 0.136. The average molecular weight is 353 g/mol. The molecule has 1 N–H and O–H groups in total. The molecule has 0 saturated carbocycles. The van der Waals surface area contributed by atoms with Gasteiger partial charge in [0.1, 0.15) is 5.60 Å². The van der Waals surface area contributed by atoms with Crippen LogP contribution in [-0.2, 0) is 4.74 Å². The molecule has 0 saturated heterocycles. The third kappa shape index (κ3) is 4.94. The van der Waals surface area contributed by atoms with Crippen molar-refractivity contribution in [2.24, 2.45) is 0 Å². The molecular formula is C22H27NO3. The molecule has 0 aliphatic carbocycles. The first-order valence-corrected chi connectivity index (χ1v) is 8.85. The zero-order valence-electron chi connectivity index (χ0n) is 16.4. The molecule has 0 bridgehead atoms. The van der Waals surface area contributed by atoms with Gasteiger partial charge in [-0.2, -0.15) is 0 Å². The second-order valence-corrected chi connectivity index (χ2v) is 7.46. The maximum atomic E-state index is 12.0. The van der Waals surface area contributed by atoms with Crippen LogP contribution < -0.4 is 5.32 Å². The van der Waals surface area contributed by atoms with Gasteiger partial charge >= 0.3 is 6.09 Å². The Morgan fingerprint density at radius 3 is 2.23 bits per heavy atom. The Kier molecular flexibility index (Phi) is 5.86. The molecule has 4 nitrogen and oxygen atoms in total. The second kappa shape index (κ2) is 7.73. The molecule has 0 unspecified atom stereocenters. The van der Waals surface area contributed by atoms with Gasteiger partial charge < -0.3 is 4.74 Å². The molecule has 0 radical (unpaired) electrons. The van der Waals surface area contributed by atoms with E-state index in [9.17, 15) is 9.59 Å². The first-order chi connectivity index (χ1) is 12.1. The zero-order chi connectivity index (χ0) is 19.5. The third-order valence-corrected chi connectivity index (χ3v) is 4.04. The van der Waals surface area contributed by atoms with Gasteiger partial charge in [0.25, 0.3) is 0 Å². The third-order valence-electron chi connectivity index (χ3n) is 4.04. The van der Waals surface area contributed by atoms with Gasteiger partial charge in [-0.3, -0.25) is 10.1 Å². The smallest absolute Gasteiger partial charge is 0.412 e.